The van der Waals surface area contributed by atoms with Gasteiger partial charge in [-0.15, -0.1) is 0 Å². The standard InChI is InChI=1S/C9H24OSi2.6CH4/c1-7-9-12(5,6)10-11(3,4)8-2;;;;;;/h7-9H2,1-6H3;6*1H4. The maximum absolute atomic E-state index is 6.29. The summed E-state index contributed by atoms with van der Waals surface area (Å²) < 4.78 is 6.29. The van der Waals surface area contributed by atoms with Gasteiger partial charge in [0.1, 0.15) is 0 Å². The zero-order valence-electron chi connectivity index (χ0n) is 9.53. The predicted octanol–water partition coefficient (Wildman–Crippen LogP) is 7.66. The summed E-state index contributed by atoms with van der Waals surface area (Å²) >= 11 is 0. The average Bonchev–Trinajstić information content (AvgIpc) is 1.85. The number of hydrogen-bond acceptors (Lipinski definition) is 1. The minimum atomic E-state index is -1.30. The molecular formula is C15H48OSi2. The van der Waals surface area contributed by atoms with Crippen LogP contribution in [0, 0.1) is 0 Å². The van der Waals surface area contributed by atoms with E-state index in [2.05, 4.69) is 40.0 Å². The van der Waals surface area contributed by atoms with E-state index in [9.17, 15) is 0 Å². The van der Waals surface area contributed by atoms with Crippen molar-refractivity contribution < 1.29 is 4.12 Å². The van der Waals surface area contributed by atoms with Crippen molar-refractivity contribution in [2.24, 2.45) is 0 Å². The molecule has 0 aromatic carbocycles. The molecule has 0 aromatic rings. The van der Waals surface area contributed by atoms with Crippen molar-refractivity contribution in [2.75, 3.05) is 0 Å². The van der Waals surface area contributed by atoms with E-state index >= 15 is 0 Å². The Balaban J connectivity index is -0.0000000403. The van der Waals surface area contributed by atoms with Gasteiger partial charge in [-0.25, -0.2) is 0 Å². The maximum atomic E-state index is 6.29. The first kappa shape index (κ1) is 42.9. The van der Waals surface area contributed by atoms with E-state index in [1.807, 2.05) is 0 Å². The van der Waals surface area contributed by atoms with Gasteiger partial charge in [-0.2, -0.15) is 0 Å². The first-order chi connectivity index (χ1) is 5.33. The Kier molecular flexibility index (Phi) is 41.4. The monoisotopic (exact) mass is 300 g/mol. The van der Waals surface area contributed by atoms with E-state index in [1.165, 1.54) is 18.5 Å². The van der Waals surface area contributed by atoms with Gasteiger partial charge in [0.2, 0.25) is 0 Å². The van der Waals surface area contributed by atoms with Gasteiger partial charge in [0.25, 0.3) is 0 Å². The van der Waals surface area contributed by atoms with Gasteiger partial charge in [-0.05, 0) is 38.3 Å². The fourth-order valence-electron chi connectivity index (χ4n) is 1.47. The normalized spacial score (nSPS) is 9.00. The highest BCUT2D eigenvalue weighted by atomic mass is 28.4. The molecule has 0 aliphatic heterocycles. The molecule has 0 fully saturated rings. The van der Waals surface area contributed by atoms with Crippen molar-refractivity contribution >= 4 is 16.6 Å². The molecular weight excluding hydrogens is 252 g/mol. The van der Waals surface area contributed by atoms with Crippen LogP contribution in [-0.4, -0.2) is 16.6 Å². The average molecular weight is 301 g/mol. The SMILES string of the molecule is C.C.C.C.C.C.CCC[Si](C)(C)O[Si](C)(C)CC. The molecule has 0 atom stereocenters. The summed E-state index contributed by atoms with van der Waals surface area (Å²) in [5.74, 6) is 0. The molecule has 0 saturated carbocycles. The lowest BCUT2D eigenvalue weighted by Gasteiger charge is -2.33. The van der Waals surface area contributed by atoms with Gasteiger partial charge < -0.3 is 4.12 Å². The van der Waals surface area contributed by atoms with E-state index in [0.29, 0.717) is 0 Å². The molecule has 3 heteroatoms. The molecule has 0 amide bonds. The summed E-state index contributed by atoms with van der Waals surface area (Å²) in [4.78, 5) is 0. The topological polar surface area (TPSA) is 9.23 Å². The van der Waals surface area contributed by atoms with Crippen LogP contribution in [0.4, 0.5) is 0 Å². The Morgan fingerprint density at radius 3 is 1.22 bits per heavy atom. The van der Waals surface area contributed by atoms with Crippen LogP contribution in [0.15, 0.2) is 0 Å². The lowest BCUT2D eigenvalue weighted by atomic mass is 10.6. The second-order valence-corrected chi connectivity index (χ2v) is 13.8. The maximum Gasteiger partial charge on any atom is 0.173 e. The van der Waals surface area contributed by atoms with Gasteiger partial charge in [0, 0.05) is 0 Å². The highest BCUT2D eigenvalue weighted by Crippen LogP contribution is 2.21. The van der Waals surface area contributed by atoms with Crippen LogP contribution < -0.4 is 0 Å². The molecule has 0 radical (unpaired) electrons. The third kappa shape index (κ3) is 21.7. The fourth-order valence-corrected chi connectivity index (χ4v) is 9.65. The Hall–Kier alpha value is 0.394. The van der Waals surface area contributed by atoms with Crippen molar-refractivity contribution in [3.8, 4) is 0 Å². The summed E-state index contributed by atoms with van der Waals surface area (Å²) in [7, 11) is -2.59. The van der Waals surface area contributed by atoms with Crippen LogP contribution >= 0.6 is 0 Å². The molecule has 1 nitrogen and oxygen atoms in total. The molecule has 0 aliphatic rings. The van der Waals surface area contributed by atoms with Crippen molar-refractivity contribution in [3.05, 3.63) is 0 Å². The van der Waals surface area contributed by atoms with Crippen molar-refractivity contribution in [1.29, 1.82) is 0 Å². The predicted molar refractivity (Wildman–Crippen MR) is 102 cm³/mol. The fraction of sp³-hybridized carbons (Fsp3) is 1.00. The molecule has 0 unspecified atom stereocenters. The molecule has 0 aromatic heterocycles. The quantitative estimate of drug-likeness (QED) is 0.473. The first-order valence-corrected chi connectivity index (χ1v) is 11.3. The highest BCUT2D eigenvalue weighted by Gasteiger charge is 2.30. The van der Waals surface area contributed by atoms with E-state index in [-0.39, 0.29) is 44.6 Å². The minimum absolute atomic E-state index is 0. The van der Waals surface area contributed by atoms with Gasteiger partial charge in [-0.3, -0.25) is 0 Å². The molecule has 0 heterocycles. The molecule has 0 spiro atoms. The van der Waals surface area contributed by atoms with Crippen LogP contribution in [0.3, 0.4) is 0 Å². The molecule has 0 aliphatic carbocycles. The molecule has 0 saturated heterocycles. The molecule has 0 N–H and O–H groups in total. The first-order valence-electron chi connectivity index (χ1n) is 5.03. The van der Waals surface area contributed by atoms with Gasteiger partial charge in [0.05, 0.1) is 0 Å². The molecule has 0 rings (SSSR count). The number of rotatable bonds is 5. The summed E-state index contributed by atoms with van der Waals surface area (Å²) in [5, 5.41) is 0. The van der Waals surface area contributed by atoms with Crippen LogP contribution in [-0.2, 0) is 4.12 Å². The van der Waals surface area contributed by atoms with Crippen molar-refractivity contribution in [1.82, 2.24) is 0 Å². The Morgan fingerprint density at radius 2 is 1.00 bits per heavy atom. The molecule has 0 bridgehead atoms. The third-order valence-corrected chi connectivity index (χ3v) is 10.1. The zero-order valence-corrected chi connectivity index (χ0v) is 11.5. The second-order valence-electron chi connectivity index (χ2n) is 4.73. The zero-order chi connectivity index (χ0) is 9.83. The lowest BCUT2D eigenvalue weighted by molar-refractivity contribution is 0.538. The van der Waals surface area contributed by atoms with Gasteiger partial charge >= 0.3 is 0 Å². The van der Waals surface area contributed by atoms with Crippen molar-refractivity contribution in [2.45, 2.75) is 103 Å². The highest BCUT2D eigenvalue weighted by molar-refractivity contribution is 6.84. The summed E-state index contributed by atoms with van der Waals surface area (Å²) in [6, 6.07) is 2.55. The summed E-state index contributed by atoms with van der Waals surface area (Å²) in [5.41, 5.74) is 0. The Bertz CT molecular complexity index is 134. The van der Waals surface area contributed by atoms with E-state index < -0.39 is 16.6 Å². The Labute approximate surface area is 124 Å². The van der Waals surface area contributed by atoms with Crippen LogP contribution in [0.5, 0.6) is 0 Å². The summed E-state index contributed by atoms with van der Waals surface area (Å²) in [6.45, 7) is 13.9. The van der Waals surface area contributed by atoms with E-state index in [1.54, 1.807) is 0 Å². The van der Waals surface area contributed by atoms with E-state index in [4.69, 9.17) is 4.12 Å². The van der Waals surface area contributed by atoms with Crippen LogP contribution in [0.2, 0.25) is 38.3 Å². The van der Waals surface area contributed by atoms with Crippen LogP contribution in [0.25, 0.3) is 0 Å². The van der Waals surface area contributed by atoms with E-state index in [0.717, 1.165) is 0 Å². The minimum Gasteiger partial charge on any atom is -0.456 e. The van der Waals surface area contributed by atoms with Gasteiger partial charge in [-0.1, -0.05) is 64.8 Å². The second kappa shape index (κ2) is 17.4. The Morgan fingerprint density at radius 1 is 0.667 bits per heavy atom. The molecule has 122 valence electrons. The molecule has 18 heavy (non-hydrogen) atoms. The third-order valence-electron chi connectivity index (χ3n) is 2.26. The largest absolute Gasteiger partial charge is 0.456 e. The smallest absolute Gasteiger partial charge is 0.173 e. The van der Waals surface area contributed by atoms with Crippen molar-refractivity contribution in [3.63, 3.8) is 0 Å². The number of hydrogen-bond donors (Lipinski definition) is 0. The lowest BCUT2D eigenvalue weighted by Crippen LogP contribution is -2.43. The van der Waals surface area contributed by atoms with Gasteiger partial charge in [0.15, 0.2) is 16.6 Å². The van der Waals surface area contributed by atoms with Crippen LogP contribution in [0.1, 0.15) is 64.8 Å². The summed E-state index contributed by atoms with van der Waals surface area (Å²) in [6.07, 6.45) is 1.27.